The Kier molecular flexibility index (Phi) is 5.14. The van der Waals surface area contributed by atoms with Crippen LogP contribution in [0.3, 0.4) is 0 Å². The number of amides is 1. The molecule has 0 bridgehead atoms. The number of carbonyl (C=O) groups is 1. The molecular formula is C17H25FN2O3. The summed E-state index contributed by atoms with van der Waals surface area (Å²) < 4.78 is 24.3. The van der Waals surface area contributed by atoms with Gasteiger partial charge in [0.25, 0.3) is 0 Å². The number of hydrogen-bond acceptors (Lipinski definition) is 4. The zero-order valence-corrected chi connectivity index (χ0v) is 14.3. The van der Waals surface area contributed by atoms with Crippen molar-refractivity contribution in [2.45, 2.75) is 57.8 Å². The van der Waals surface area contributed by atoms with Crippen molar-refractivity contribution >= 4 is 6.09 Å². The Balaban J connectivity index is 1.84. The zero-order valence-electron chi connectivity index (χ0n) is 14.3. The number of carbonyl (C=O) groups excluding carboxylic acids is 1. The first-order chi connectivity index (χ1) is 10.7. The Morgan fingerprint density at radius 2 is 2.04 bits per heavy atom. The lowest BCUT2D eigenvalue weighted by molar-refractivity contribution is 0.0522. The fourth-order valence-electron chi connectivity index (χ4n) is 2.39. The number of benzene rings is 1. The molecule has 0 aliphatic heterocycles. The maximum absolute atomic E-state index is 14.0. The van der Waals surface area contributed by atoms with E-state index in [1.54, 1.807) is 12.1 Å². The van der Waals surface area contributed by atoms with Crippen molar-refractivity contribution in [2.75, 3.05) is 7.11 Å². The summed E-state index contributed by atoms with van der Waals surface area (Å²) in [5.41, 5.74) is 0.0650. The van der Waals surface area contributed by atoms with E-state index in [0.29, 0.717) is 11.3 Å². The quantitative estimate of drug-likeness (QED) is 0.873. The van der Waals surface area contributed by atoms with Crippen LogP contribution in [-0.4, -0.2) is 30.9 Å². The highest BCUT2D eigenvalue weighted by atomic mass is 19.1. The molecule has 1 aliphatic rings. The molecule has 0 heterocycles. The molecule has 0 radical (unpaired) electrons. The number of rotatable bonds is 5. The highest BCUT2D eigenvalue weighted by Gasteiger charge is 2.40. The van der Waals surface area contributed by atoms with E-state index >= 15 is 0 Å². The first-order valence-electron chi connectivity index (χ1n) is 7.78. The Morgan fingerprint density at radius 3 is 2.61 bits per heavy atom. The molecule has 1 aliphatic carbocycles. The highest BCUT2D eigenvalue weighted by molar-refractivity contribution is 5.68. The zero-order chi connectivity index (χ0) is 17.2. The molecule has 23 heavy (non-hydrogen) atoms. The van der Waals surface area contributed by atoms with E-state index in [-0.39, 0.29) is 23.9 Å². The fraction of sp³-hybridized carbons (Fsp3) is 0.588. The van der Waals surface area contributed by atoms with E-state index in [4.69, 9.17) is 9.47 Å². The number of halogens is 1. The summed E-state index contributed by atoms with van der Waals surface area (Å²) in [6, 6.07) is 4.81. The molecule has 0 saturated heterocycles. The molecule has 3 atom stereocenters. The molecule has 1 fully saturated rings. The van der Waals surface area contributed by atoms with Crippen molar-refractivity contribution in [1.29, 1.82) is 0 Å². The second-order valence-electron chi connectivity index (χ2n) is 6.87. The SMILES string of the molecule is COc1ccc(C(C)NC2CC2NC(=O)OC(C)(C)C)c(F)c1. The largest absolute Gasteiger partial charge is 0.497 e. The molecule has 2 N–H and O–H groups in total. The van der Waals surface area contributed by atoms with Crippen molar-refractivity contribution in [3.8, 4) is 5.75 Å². The summed E-state index contributed by atoms with van der Waals surface area (Å²) >= 11 is 0. The second-order valence-corrected chi connectivity index (χ2v) is 6.87. The lowest BCUT2D eigenvalue weighted by atomic mass is 10.1. The van der Waals surface area contributed by atoms with E-state index in [0.717, 1.165) is 6.42 Å². The van der Waals surface area contributed by atoms with Crippen molar-refractivity contribution in [1.82, 2.24) is 10.6 Å². The van der Waals surface area contributed by atoms with Crippen LogP contribution in [0, 0.1) is 5.82 Å². The average Bonchev–Trinajstić information content (AvgIpc) is 3.13. The molecule has 5 nitrogen and oxygen atoms in total. The first kappa shape index (κ1) is 17.5. The van der Waals surface area contributed by atoms with Crippen molar-refractivity contribution in [3.63, 3.8) is 0 Å². The summed E-state index contributed by atoms with van der Waals surface area (Å²) in [4.78, 5) is 11.7. The Labute approximate surface area is 136 Å². The van der Waals surface area contributed by atoms with Gasteiger partial charge in [-0.3, -0.25) is 0 Å². The molecular weight excluding hydrogens is 299 g/mol. The topological polar surface area (TPSA) is 59.6 Å². The third-order valence-electron chi connectivity index (χ3n) is 3.63. The average molecular weight is 324 g/mol. The van der Waals surface area contributed by atoms with Crippen LogP contribution in [0.5, 0.6) is 5.75 Å². The van der Waals surface area contributed by atoms with Gasteiger partial charge in [0.2, 0.25) is 0 Å². The third-order valence-corrected chi connectivity index (χ3v) is 3.63. The van der Waals surface area contributed by atoms with Crippen molar-refractivity contribution < 1.29 is 18.7 Å². The van der Waals surface area contributed by atoms with E-state index < -0.39 is 11.7 Å². The molecule has 2 rings (SSSR count). The van der Waals surface area contributed by atoms with E-state index in [2.05, 4.69) is 10.6 Å². The molecule has 0 aromatic heterocycles. The maximum atomic E-state index is 14.0. The summed E-state index contributed by atoms with van der Waals surface area (Å²) in [5.74, 6) is 0.191. The van der Waals surface area contributed by atoms with E-state index in [9.17, 15) is 9.18 Å². The molecule has 1 saturated carbocycles. The lowest BCUT2D eigenvalue weighted by Gasteiger charge is -2.20. The van der Waals surface area contributed by atoms with Gasteiger partial charge >= 0.3 is 6.09 Å². The summed E-state index contributed by atoms with van der Waals surface area (Å²) in [6.45, 7) is 7.37. The van der Waals surface area contributed by atoms with Crippen LogP contribution in [0.1, 0.15) is 45.7 Å². The third kappa shape index (κ3) is 5.10. The van der Waals surface area contributed by atoms with Crippen LogP contribution in [0.25, 0.3) is 0 Å². The van der Waals surface area contributed by atoms with Gasteiger partial charge in [-0.2, -0.15) is 0 Å². The van der Waals surface area contributed by atoms with Crippen molar-refractivity contribution in [3.05, 3.63) is 29.6 Å². The molecule has 1 aromatic carbocycles. The number of ether oxygens (including phenoxy) is 2. The Hall–Kier alpha value is -1.82. The van der Waals surface area contributed by atoms with E-state index in [1.165, 1.54) is 13.2 Å². The van der Waals surface area contributed by atoms with Gasteiger partial charge in [0.1, 0.15) is 17.2 Å². The van der Waals surface area contributed by atoms with Gasteiger partial charge in [-0.1, -0.05) is 6.07 Å². The summed E-state index contributed by atoms with van der Waals surface area (Å²) in [7, 11) is 1.51. The molecule has 128 valence electrons. The van der Waals surface area contributed by atoms with Gasteiger partial charge in [-0.25, -0.2) is 9.18 Å². The molecule has 3 unspecified atom stereocenters. The van der Waals surface area contributed by atoms with Crippen LogP contribution in [0.2, 0.25) is 0 Å². The Bertz CT molecular complexity index is 571. The minimum Gasteiger partial charge on any atom is -0.497 e. The second kappa shape index (κ2) is 6.74. The maximum Gasteiger partial charge on any atom is 0.407 e. The highest BCUT2D eigenvalue weighted by Crippen LogP contribution is 2.28. The van der Waals surface area contributed by atoms with E-state index in [1.807, 2.05) is 27.7 Å². The fourth-order valence-corrected chi connectivity index (χ4v) is 2.39. The molecule has 1 aromatic rings. The van der Waals surface area contributed by atoms with Gasteiger partial charge in [0.05, 0.1) is 7.11 Å². The number of nitrogens with one attached hydrogen (secondary N) is 2. The number of methoxy groups -OCH3 is 1. The van der Waals surface area contributed by atoms with Gasteiger partial charge in [0, 0.05) is 29.8 Å². The predicted molar refractivity (Wildman–Crippen MR) is 86.1 cm³/mol. The normalized spacial score (nSPS) is 21.5. The van der Waals surface area contributed by atoms with Crippen LogP contribution in [-0.2, 0) is 4.74 Å². The van der Waals surface area contributed by atoms with Crippen LogP contribution >= 0.6 is 0 Å². The van der Waals surface area contributed by atoms with Crippen LogP contribution in [0.15, 0.2) is 18.2 Å². The molecule has 1 amide bonds. The Morgan fingerprint density at radius 1 is 1.35 bits per heavy atom. The van der Waals surface area contributed by atoms with Gasteiger partial charge in [-0.05, 0) is 40.2 Å². The van der Waals surface area contributed by atoms with Gasteiger partial charge in [0.15, 0.2) is 0 Å². The van der Waals surface area contributed by atoms with Crippen LogP contribution < -0.4 is 15.4 Å². The van der Waals surface area contributed by atoms with Crippen molar-refractivity contribution in [2.24, 2.45) is 0 Å². The summed E-state index contributed by atoms with van der Waals surface area (Å²) in [5, 5.41) is 6.13. The predicted octanol–water partition coefficient (Wildman–Crippen LogP) is 3.15. The number of hydrogen-bond donors (Lipinski definition) is 2. The standard InChI is InChI=1S/C17H25FN2O3/c1-10(12-7-6-11(22-5)8-13(12)18)19-14-9-15(14)20-16(21)23-17(2,3)4/h6-8,10,14-15,19H,9H2,1-5H3,(H,20,21). The lowest BCUT2D eigenvalue weighted by Crippen LogP contribution is -2.37. The molecule has 6 heteroatoms. The monoisotopic (exact) mass is 324 g/mol. The molecule has 0 spiro atoms. The van der Waals surface area contributed by atoms with Gasteiger partial charge in [-0.15, -0.1) is 0 Å². The first-order valence-corrected chi connectivity index (χ1v) is 7.78. The smallest absolute Gasteiger partial charge is 0.407 e. The minimum absolute atomic E-state index is 0.0219. The number of alkyl carbamates (subject to hydrolysis) is 1. The minimum atomic E-state index is -0.512. The van der Waals surface area contributed by atoms with Crippen LogP contribution in [0.4, 0.5) is 9.18 Å². The van der Waals surface area contributed by atoms with Gasteiger partial charge < -0.3 is 20.1 Å². The summed E-state index contributed by atoms with van der Waals surface area (Å²) in [6.07, 6.45) is 0.386.